The molecule has 25 heavy (non-hydrogen) atoms. The fourth-order valence-electron chi connectivity index (χ4n) is 3.82. The van der Waals surface area contributed by atoms with Crippen molar-refractivity contribution in [2.75, 3.05) is 5.75 Å². The highest BCUT2D eigenvalue weighted by Crippen LogP contribution is 2.30. The summed E-state index contributed by atoms with van der Waals surface area (Å²) in [7, 11) is 0. The number of hydrogen-bond donors (Lipinski definition) is 1. The highest BCUT2D eigenvalue weighted by molar-refractivity contribution is 8.03. The lowest BCUT2D eigenvalue weighted by atomic mass is 9.96. The Balaban J connectivity index is 1.78. The monoisotopic (exact) mass is 356 g/mol. The Morgan fingerprint density at radius 3 is 2.88 bits per heavy atom. The van der Waals surface area contributed by atoms with Gasteiger partial charge in [-0.1, -0.05) is 18.2 Å². The summed E-state index contributed by atoms with van der Waals surface area (Å²) >= 11 is 1.89. The second-order valence-electron chi connectivity index (χ2n) is 6.88. The molecule has 0 atom stereocenters. The van der Waals surface area contributed by atoms with Crippen molar-refractivity contribution in [2.24, 2.45) is 0 Å². The largest absolute Gasteiger partial charge is 0.512 e. The first-order valence-corrected chi connectivity index (χ1v) is 10.3. The van der Waals surface area contributed by atoms with E-state index < -0.39 is 0 Å². The molecule has 1 aromatic rings. The van der Waals surface area contributed by atoms with Gasteiger partial charge in [-0.25, -0.2) is 4.98 Å². The van der Waals surface area contributed by atoms with E-state index in [0.717, 1.165) is 67.5 Å². The molecule has 0 fully saturated rings. The van der Waals surface area contributed by atoms with Crippen LogP contribution >= 0.6 is 11.8 Å². The molecule has 0 bridgehead atoms. The minimum Gasteiger partial charge on any atom is -0.512 e. The van der Waals surface area contributed by atoms with Crippen LogP contribution in [-0.4, -0.2) is 20.4 Å². The average molecular weight is 356 g/mol. The van der Waals surface area contributed by atoms with Gasteiger partial charge in [0.25, 0.3) is 5.56 Å². The number of nitrogens with zero attached hydrogens (tertiary/aromatic N) is 2. The normalized spacial score (nSPS) is 19.9. The van der Waals surface area contributed by atoms with Crippen molar-refractivity contribution in [1.29, 1.82) is 0 Å². The Morgan fingerprint density at radius 1 is 1.20 bits per heavy atom. The number of aliphatic hydroxyl groups excluding tert-OH is 1. The molecule has 2 heterocycles. The molecule has 2 aliphatic carbocycles. The first-order chi connectivity index (χ1) is 12.2. The molecule has 5 heteroatoms. The Labute approximate surface area is 152 Å². The topological polar surface area (TPSA) is 55.1 Å². The summed E-state index contributed by atoms with van der Waals surface area (Å²) < 4.78 is 1.81. The first kappa shape index (κ1) is 16.7. The van der Waals surface area contributed by atoms with E-state index >= 15 is 0 Å². The smallest absolute Gasteiger partial charge is 0.257 e. The molecule has 0 spiro atoms. The molecule has 1 aliphatic heterocycles. The predicted octanol–water partition coefficient (Wildman–Crippen LogP) is 4.15. The van der Waals surface area contributed by atoms with Crippen molar-refractivity contribution in [1.82, 2.24) is 9.55 Å². The third kappa shape index (κ3) is 3.34. The molecule has 1 N–H and O–H groups in total. The summed E-state index contributed by atoms with van der Waals surface area (Å²) in [6.07, 6.45) is 13.6. The molecule has 0 saturated heterocycles. The minimum atomic E-state index is 0.0996. The lowest BCUT2D eigenvalue weighted by Crippen LogP contribution is -2.31. The van der Waals surface area contributed by atoms with E-state index in [-0.39, 0.29) is 5.56 Å². The third-order valence-electron chi connectivity index (χ3n) is 5.18. The molecule has 3 aliphatic rings. The fraction of sp³-hybridized carbons (Fsp3) is 0.500. The maximum atomic E-state index is 13.2. The maximum absolute atomic E-state index is 13.2. The molecule has 0 amide bonds. The highest BCUT2D eigenvalue weighted by Gasteiger charge is 2.23. The van der Waals surface area contributed by atoms with Crippen LogP contribution in [0.2, 0.25) is 0 Å². The second-order valence-corrected chi connectivity index (χ2v) is 8.10. The summed E-state index contributed by atoms with van der Waals surface area (Å²) in [6, 6.07) is 0. The van der Waals surface area contributed by atoms with E-state index in [1.54, 1.807) is 0 Å². The van der Waals surface area contributed by atoms with Crippen molar-refractivity contribution in [3.63, 3.8) is 0 Å². The van der Waals surface area contributed by atoms with Crippen molar-refractivity contribution in [2.45, 2.75) is 57.9 Å². The van der Waals surface area contributed by atoms with Crippen molar-refractivity contribution >= 4 is 17.3 Å². The Kier molecular flexibility index (Phi) is 4.84. The molecule has 132 valence electrons. The Bertz CT molecular complexity index is 833. The molecule has 1 aromatic heterocycles. The van der Waals surface area contributed by atoms with E-state index in [4.69, 9.17) is 4.98 Å². The minimum absolute atomic E-state index is 0.0996. The van der Waals surface area contributed by atoms with Gasteiger partial charge in [0.15, 0.2) is 0 Å². The van der Waals surface area contributed by atoms with Crippen LogP contribution in [0.1, 0.15) is 55.6 Å². The zero-order valence-corrected chi connectivity index (χ0v) is 15.3. The van der Waals surface area contributed by atoms with Gasteiger partial charge >= 0.3 is 0 Å². The van der Waals surface area contributed by atoms with Crippen LogP contribution in [0.4, 0.5) is 0 Å². The van der Waals surface area contributed by atoms with Gasteiger partial charge in [0, 0.05) is 24.3 Å². The zero-order valence-electron chi connectivity index (χ0n) is 14.5. The van der Waals surface area contributed by atoms with Gasteiger partial charge in [-0.05, 0) is 49.9 Å². The number of thioether (sulfide) groups is 1. The number of aromatic nitrogens is 2. The number of fused-ring (bicyclic) bond motifs is 1. The van der Waals surface area contributed by atoms with Crippen molar-refractivity contribution in [3.8, 4) is 0 Å². The molecule has 0 unspecified atom stereocenters. The standard InChI is InChI=1S/C20H24N2O2S/c23-18-10-4-2-8-16(18)19-21-17-9-3-1-7-15(17)20(24)22(19)12-11-14-6-5-13-25-14/h2,6,8,23H,1,3-5,7,9-13H2. The van der Waals surface area contributed by atoms with E-state index in [2.05, 4.69) is 12.2 Å². The van der Waals surface area contributed by atoms with Crippen LogP contribution < -0.4 is 5.56 Å². The third-order valence-corrected chi connectivity index (χ3v) is 6.36. The Hall–Kier alpha value is -1.75. The molecular weight excluding hydrogens is 332 g/mol. The quantitative estimate of drug-likeness (QED) is 0.880. The summed E-state index contributed by atoms with van der Waals surface area (Å²) in [4.78, 5) is 19.4. The van der Waals surface area contributed by atoms with Gasteiger partial charge < -0.3 is 5.11 Å². The van der Waals surface area contributed by atoms with Gasteiger partial charge in [0.1, 0.15) is 11.6 Å². The predicted molar refractivity (Wildman–Crippen MR) is 103 cm³/mol. The van der Waals surface area contributed by atoms with Crippen LogP contribution in [0, 0.1) is 0 Å². The van der Waals surface area contributed by atoms with Gasteiger partial charge in [-0.2, -0.15) is 0 Å². The SMILES string of the molecule is O=c1c2c(nc(C3=C(O)CCC=C3)n1CCC1=CCCS1)CCCC2. The maximum Gasteiger partial charge on any atom is 0.257 e. The van der Waals surface area contributed by atoms with Gasteiger partial charge in [0.05, 0.1) is 11.3 Å². The summed E-state index contributed by atoms with van der Waals surface area (Å²) in [5.41, 5.74) is 2.66. The van der Waals surface area contributed by atoms with Gasteiger partial charge in [-0.15, -0.1) is 11.8 Å². The lowest BCUT2D eigenvalue weighted by Gasteiger charge is -2.21. The molecule has 0 saturated carbocycles. The fourth-order valence-corrected chi connectivity index (χ4v) is 4.79. The number of allylic oxidation sites excluding steroid dienone is 6. The number of aryl methyl sites for hydroxylation is 1. The van der Waals surface area contributed by atoms with Crippen molar-refractivity contribution in [3.05, 3.63) is 56.3 Å². The summed E-state index contributed by atoms with van der Waals surface area (Å²) in [5, 5.41) is 10.4. The lowest BCUT2D eigenvalue weighted by molar-refractivity contribution is 0.390. The molecule has 4 rings (SSSR count). The summed E-state index contributed by atoms with van der Waals surface area (Å²) in [5.74, 6) is 2.16. The number of hydrogen-bond acceptors (Lipinski definition) is 4. The molecule has 0 aromatic carbocycles. The first-order valence-electron chi connectivity index (χ1n) is 9.27. The van der Waals surface area contributed by atoms with Crippen LogP contribution in [-0.2, 0) is 19.4 Å². The van der Waals surface area contributed by atoms with Crippen LogP contribution in [0.3, 0.4) is 0 Å². The van der Waals surface area contributed by atoms with Crippen LogP contribution in [0.15, 0.2) is 33.7 Å². The van der Waals surface area contributed by atoms with Gasteiger partial charge in [0.2, 0.25) is 0 Å². The average Bonchev–Trinajstić information content (AvgIpc) is 3.15. The molecule has 4 nitrogen and oxygen atoms in total. The highest BCUT2D eigenvalue weighted by atomic mass is 32.2. The molecular formula is C20H24N2O2S. The zero-order chi connectivity index (χ0) is 17.2. The molecule has 0 radical (unpaired) electrons. The van der Waals surface area contributed by atoms with Crippen LogP contribution in [0.25, 0.3) is 5.57 Å². The van der Waals surface area contributed by atoms with Crippen LogP contribution in [0.5, 0.6) is 0 Å². The number of aliphatic hydroxyl groups is 1. The van der Waals surface area contributed by atoms with E-state index in [0.29, 0.717) is 24.5 Å². The number of rotatable bonds is 4. The summed E-state index contributed by atoms with van der Waals surface area (Å²) in [6.45, 7) is 0.637. The Morgan fingerprint density at radius 2 is 2.08 bits per heavy atom. The van der Waals surface area contributed by atoms with Gasteiger partial charge in [-0.3, -0.25) is 9.36 Å². The van der Waals surface area contributed by atoms with E-state index in [1.807, 2.05) is 22.4 Å². The van der Waals surface area contributed by atoms with E-state index in [1.165, 1.54) is 4.91 Å². The van der Waals surface area contributed by atoms with E-state index in [9.17, 15) is 9.90 Å². The second kappa shape index (κ2) is 7.24. The van der Waals surface area contributed by atoms with Crippen molar-refractivity contribution < 1.29 is 5.11 Å².